The molecule has 0 spiro atoms. The fourth-order valence-electron chi connectivity index (χ4n) is 7.96. The molecule has 332 valence electrons. The van der Waals surface area contributed by atoms with E-state index >= 15 is 0 Å². The van der Waals surface area contributed by atoms with Gasteiger partial charge < -0.3 is 47.4 Å². The van der Waals surface area contributed by atoms with E-state index < -0.39 is 55.1 Å². The number of carbonyl (C=O) groups excluding carboxylic acids is 1. The number of benzene rings is 6. The van der Waals surface area contributed by atoms with Gasteiger partial charge in [0.2, 0.25) is 0 Å². The average Bonchev–Trinajstić information content (AvgIpc) is 3.75. The lowest BCUT2D eigenvalue weighted by Crippen LogP contribution is -2.63. The molecule has 2 heterocycles. The van der Waals surface area contributed by atoms with Gasteiger partial charge in [0, 0.05) is 0 Å². The molecule has 0 aromatic heterocycles. The highest BCUT2D eigenvalue weighted by Gasteiger charge is 2.53. The standard InChI is InChI=1S/C54H56O10/c55-31-46(57-33-41-21-9-2-10-22-41)49-51(47(39-62-49)58-34-42-23-11-3-12-24-42)64-54-53(61-37-45-29-17-6-18-30-45)52(60-36-44-27-15-5-16-28-44)50(59-35-43-25-13-4-14-26-43)48(63-54)38-56-32-40-19-7-1-8-20-40/h1-31,46-54H,32-39H2/t46-,47+,48+,49+,50-,51-,52-,53+,54-/m0/s1. The summed E-state index contributed by atoms with van der Waals surface area (Å²) < 4.78 is 60.6. The van der Waals surface area contributed by atoms with Crippen LogP contribution in [0, 0.1) is 0 Å². The van der Waals surface area contributed by atoms with E-state index in [-0.39, 0.29) is 33.0 Å². The summed E-state index contributed by atoms with van der Waals surface area (Å²) in [5.74, 6) is 0. The lowest BCUT2D eigenvalue weighted by molar-refractivity contribution is -0.343. The van der Waals surface area contributed by atoms with Crippen LogP contribution < -0.4 is 0 Å². The van der Waals surface area contributed by atoms with E-state index in [4.69, 9.17) is 42.6 Å². The van der Waals surface area contributed by atoms with Crippen molar-refractivity contribution in [3.8, 4) is 0 Å². The maximum Gasteiger partial charge on any atom is 0.187 e. The van der Waals surface area contributed by atoms with Gasteiger partial charge in [0.15, 0.2) is 12.6 Å². The average molecular weight is 865 g/mol. The first-order valence-corrected chi connectivity index (χ1v) is 22.0. The smallest absolute Gasteiger partial charge is 0.187 e. The molecule has 2 aliphatic heterocycles. The predicted octanol–water partition coefficient (Wildman–Crippen LogP) is 8.84. The first-order valence-electron chi connectivity index (χ1n) is 22.0. The van der Waals surface area contributed by atoms with Crippen LogP contribution >= 0.6 is 0 Å². The third kappa shape index (κ3) is 12.9. The summed E-state index contributed by atoms with van der Waals surface area (Å²) in [6.07, 6.45) is -6.47. The van der Waals surface area contributed by atoms with Crippen molar-refractivity contribution in [1.29, 1.82) is 0 Å². The molecule has 6 aromatic rings. The van der Waals surface area contributed by atoms with Crippen molar-refractivity contribution in [2.75, 3.05) is 13.2 Å². The minimum Gasteiger partial charge on any atom is -0.374 e. The summed E-state index contributed by atoms with van der Waals surface area (Å²) in [6, 6.07) is 59.6. The topological polar surface area (TPSA) is 100 Å². The molecule has 0 aliphatic carbocycles. The second-order valence-corrected chi connectivity index (χ2v) is 16.0. The van der Waals surface area contributed by atoms with Crippen LogP contribution in [0.1, 0.15) is 33.4 Å². The van der Waals surface area contributed by atoms with Gasteiger partial charge in [-0.15, -0.1) is 0 Å². The van der Waals surface area contributed by atoms with Crippen molar-refractivity contribution < 1.29 is 47.4 Å². The SMILES string of the molecule is O=C[C@H](OCc1ccccc1)[C@H]1OC[C@@H](OCc2ccccc2)[C@@H]1O[C@@H]1O[C@H](COCc2ccccc2)[C@H](OCc2ccccc2)[C@H](OCc2ccccc2)[C@H]1OCc1ccccc1. The van der Waals surface area contributed by atoms with E-state index in [1.165, 1.54) is 0 Å². The Bertz CT molecular complexity index is 2200. The Balaban J connectivity index is 1.14. The van der Waals surface area contributed by atoms with Gasteiger partial charge in [0.05, 0.1) is 52.9 Å². The third-order valence-electron chi connectivity index (χ3n) is 11.3. The Labute approximate surface area is 375 Å². The zero-order valence-electron chi connectivity index (χ0n) is 35.8. The molecule has 0 amide bonds. The normalized spacial score (nSPS) is 23.7. The van der Waals surface area contributed by atoms with Gasteiger partial charge in [0.25, 0.3) is 0 Å². The van der Waals surface area contributed by atoms with Gasteiger partial charge in [-0.2, -0.15) is 0 Å². The highest BCUT2D eigenvalue weighted by Crippen LogP contribution is 2.35. The highest BCUT2D eigenvalue weighted by molar-refractivity contribution is 5.57. The van der Waals surface area contributed by atoms with E-state index in [1.54, 1.807) is 0 Å². The van der Waals surface area contributed by atoms with Crippen LogP contribution in [0.25, 0.3) is 0 Å². The second-order valence-electron chi connectivity index (χ2n) is 16.0. The van der Waals surface area contributed by atoms with Crippen LogP contribution in [0.2, 0.25) is 0 Å². The van der Waals surface area contributed by atoms with Crippen molar-refractivity contribution in [2.24, 2.45) is 0 Å². The molecule has 2 aliphatic rings. The molecule has 64 heavy (non-hydrogen) atoms. The first kappa shape index (κ1) is 45.2. The van der Waals surface area contributed by atoms with Crippen molar-refractivity contribution in [3.05, 3.63) is 215 Å². The predicted molar refractivity (Wildman–Crippen MR) is 241 cm³/mol. The van der Waals surface area contributed by atoms with Crippen molar-refractivity contribution in [1.82, 2.24) is 0 Å². The van der Waals surface area contributed by atoms with Gasteiger partial charge in [-0.25, -0.2) is 0 Å². The molecule has 2 fully saturated rings. The Morgan fingerprint density at radius 1 is 0.469 bits per heavy atom. The number of carbonyl (C=O) groups is 1. The van der Waals surface area contributed by atoms with Gasteiger partial charge >= 0.3 is 0 Å². The van der Waals surface area contributed by atoms with E-state index in [2.05, 4.69) is 0 Å². The molecular weight excluding hydrogens is 809 g/mol. The van der Waals surface area contributed by atoms with E-state index in [0.29, 0.717) is 19.8 Å². The number of hydrogen-bond acceptors (Lipinski definition) is 10. The van der Waals surface area contributed by atoms with Crippen molar-refractivity contribution in [3.63, 3.8) is 0 Å². The second kappa shape index (κ2) is 24.1. The molecule has 10 heteroatoms. The Morgan fingerprint density at radius 2 is 0.875 bits per heavy atom. The summed E-state index contributed by atoms with van der Waals surface area (Å²) in [4.78, 5) is 12.9. The minimum atomic E-state index is -1.06. The molecule has 0 N–H and O–H groups in total. The number of ether oxygens (including phenoxy) is 9. The van der Waals surface area contributed by atoms with Crippen LogP contribution in [0.15, 0.2) is 182 Å². The number of hydrogen-bond donors (Lipinski definition) is 0. The largest absolute Gasteiger partial charge is 0.374 e. The lowest BCUT2D eigenvalue weighted by atomic mass is 9.97. The first-order chi connectivity index (χ1) is 31.7. The maximum absolute atomic E-state index is 12.9. The number of rotatable bonds is 23. The molecule has 6 aromatic carbocycles. The fourth-order valence-corrected chi connectivity index (χ4v) is 7.96. The minimum absolute atomic E-state index is 0.153. The molecule has 0 radical (unpaired) electrons. The van der Waals surface area contributed by atoms with E-state index in [1.807, 2.05) is 182 Å². The van der Waals surface area contributed by atoms with Gasteiger partial charge in [0.1, 0.15) is 48.8 Å². The molecule has 9 atom stereocenters. The van der Waals surface area contributed by atoms with Crippen LogP contribution in [0.4, 0.5) is 0 Å². The molecular formula is C54H56O10. The van der Waals surface area contributed by atoms with Gasteiger partial charge in [-0.05, 0) is 33.4 Å². The third-order valence-corrected chi connectivity index (χ3v) is 11.3. The van der Waals surface area contributed by atoms with E-state index in [0.717, 1.165) is 39.7 Å². The zero-order valence-corrected chi connectivity index (χ0v) is 35.8. The molecule has 0 unspecified atom stereocenters. The van der Waals surface area contributed by atoms with Crippen LogP contribution in [0.3, 0.4) is 0 Å². The summed E-state index contributed by atoms with van der Waals surface area (Å²) in [5.41, 5.74) is 5.86. The summed E-state index contributed by atoms with van der Waals surface area (Å²) in [7, 11) is 0. The molecule has 0 saturated carbocycles. The summed E-state index contributed by atoms with van der Waals surface area (Å²) >= 11 is 0. The van der Waals surface area contributed by atoms with Gasteiger partial charge in [-0.1, -0.05) is 182 Å². The fraction of sp³-hybridized carbons (Fsp3) is 0.315. The van der Waals surface area contributed by atoms with Crippen LogP contribution in [-0.4, -0.2) is 74.6 Å². The van der Waals surface area contributed by atoms with E-state index in [9.17, 15) is 4.79 Å². The molecule has 10 nitrogen and oxygen atoms in total. The van der Waals surface area contributed by atoms with Crippen LogP contribution in [-0.2, 0) is 87.1 Å². The van der Waals surface area contributed by atoms with Gasteiger partial charge in [-0.3, -0.25) is 0 Å². The zero-order chi connectivity index (χ0) is 43.6. The summed E-state index contributed by atoms with van der Waals surface area (Å²) in [6.45, 7) is 1.96. The Morgan fingerprint density at radius 3 is 1.34 bits per heavy atom. The quantitative estimate of drug-likeness (QED) is 0.0582. The molecule has 8 rings (SSSR count). The molecule has 2 saturated heterocycles. The van der Waals surface area contributed by atoms with Crippen LogP contribution in [0.5, 0.6) is 0 Å². The highest BCUT2D eigenvalue weighted by atomic mass is 16.7. The maximum atomic E-state index is 12.9. The number of aldehydes is 1. The van der Waals surface area contributed by atoms with Crippen molar-refractivity contribution >= 4 is 6.29 Å². The molecule has 0 bridgehead atoms. The lowest BCUT2D eigenvalue weighted by Gasteiger charge is -2.47. The summed E-state index contributed by atoms with van der Waals surface area (Å²) in [5, 5.41) is 0. The van der Waals surface area contributed by atoms with Crippen molar-refractivity contribution in [2.45, 2.75) is 94.8 Å². The Hall–Kier alpha value is -5.37. The monoisotopic (exact) mass is 864 g/mol. The Kier molecular flexibility index (Phi) is 17.0.